The number of carbonyl (C=O) groups is 1. The molecule has 2 aromatic rings. The lowest BCUT2D eigenvalue weighted by molar-refractivity contribution is -0.138. The Labute approximate surface area is 116 Å². The highest BCUT2D eigenvalue weighted by Crippen LogP contribution is 2.25. The van der Waals surface area contributed by atoms with Gasteiger partial charge in [0.05, 0.1) is 0 Å². The van der Waals surface area contributed by atoms with Crippen LogP contribution in [0.1, 0.15) is 12.8 Å². The number of anilines is 1. The molecule has 5 heteroatoms. The molecule has 1 aromatic carbocycles. The molecule has 2 heterocycles. The van der Waals surface area contributed by atoms with Gasteiger partial charge in [0.2, 0.25) is 0 Å². The van der Waals surface area contributed by atoms with Crippen LogP contribution in [-0.4, -0.2) is 33.6 Å². The number of rotatable bonds is 3. The van der Waals surface area contributed by atoms with Gasteiger partial charge in [-0.05, 0) is 18.9 Å². The summed E-state index contributed by atoms with van der Waals surface area (Å²) in [6.07, 6.45) is 3.23. The highest BCUT2D eigenvalue weighted by Gasteiger charge is 2.31. The van der Waals surface area contributed by atoms with Crippen molar-refractivity contribution in [2.75, 3.05) is 11.4 Å². The lowest BCUT2D eigenvalue weighted by atomic mass is 10.2. The van der Waals surface area contributed by atoms with Crippen molar-refractivity contribution in [3.05, 3.63) is 42.6 Å². The lowest BCUT2D eigenvalue weighted by Crippen LogP contribution is -2.36. The molecule has 1 aromatic heterocycles. The van der Waals surface area contributed by atoms with Crippen LogP contribution in [-0.2, 0) is 4.79 Å². The monoisotopic (exact) mass is 269 g/mol. The smallest absolute Gasteiger partial charge is 0.326 e. The maximum atomic E-state index is 11.3. The summed E-state index contributed by atoms with van der Waals surface area (Å²) < 4.78 is 0. The summed E-state index contributed by atoms with van der Waals surface area (Å²) in [6, 6.07) is 11.0. The van der Waals surface area contributed by atoms with Crippen LogP contribution >= 0.6 is 0 Å². The largest absolute Gasteiger partial charge is 0.480 e. The fraction of sp³-hybridized carbons (Fsp3) is 0.267. The van der Waals surface area contributed by atoms with Crippen LogP contribution in [0.25, 0.3) is 11.4 Å². The molecule has 1 fully saturated rings. The second-order valence-electron chi connectivity index (χ2n) is 4.79. The van der Waals surface area contributed by atoms with Crippen LogP contribution in [0, 0.1) is 0 Å². The second kappa shape index (κ2) is 5.28. The summed E-state index contributed by atoms with van der Waals surface area (Å²) in [5.74, 6) is 0.519. The molecule has 0 unspecified atom stereocenters. The molecule has 1 saturated heterocycles. The van der Waals surface area contributed by atoms with Gasteiger partial charge in [-0.3, -0.25) is 0 Å². The first-order valence-corrected chi connectivity index (χ1v) is 6.63. The van der Waals surface area contributed by atoms with Gasteiger partial charge in [0.25, 0.3) is 0 Å². The molecule has 1 aliphatic heterocycles. The van der Waals surface area contributed by atoms with E-state index in [0.29, 0.717) is 18.1 Å². The van der Waals surface area contributed by atoms with Crippen LogP contribution in [0.2, 0.25) is 0 Å². The maximum Gasteiger partial charge on any atom is 0.326 e. The van der Waals surface area contributed by atoms with Crippen molar-refractivity contribution in [3.63, 3.8) is 0 Å². The van der Waals surface area contributed by atoms with Gasteiger partial charge in [0, 0.05) is 18.3 Å². The Kier molecular flexibility index (Phi) is 3.33. The molecule has 20 heavy (non-hydrogen) atoms. The molecule has 1 N–H and O–H groups in total. The topological polar surface area (TPSA) is 66.3 Å². The molecule has 0 aliphatic carbocycles. The molecular formula is C15H15N3O2. The zero-order valence-electron chi connectivity index (χ0n) is 10.9. The van der Waals surface area contributed by atoms with E-state index in [0.717, 1.165) is 18.5 Å². The molecule has 5 nitrogen and oxygen atoms in total. The van der Waals surface area contributed by atoms with E-state index in [1.54, 1.807) is 12.3 Å². The van der Waals surface area contributed by atoms with Crippen molar-refractivity contribution in [2.24, 2.45) is 0 Å². The molecular weight excluding hydrogens is 254 g/mol. The van der Waals surface area contributed by atoms with Crippen molar-refractivity contribution in [3.8, 4) is 11.4 Å². The third-order valence-electron chi connectivity index (χ3n) is 3.50. The Morgan fingerprint density at radius 1 is 1.25 bits per heavy atom. The van der Waals surface area contributed by atoms with Crippen LogP contribution in [0.15, 0.2) is 42.6 Å². The average Bonchev–Trinajstić information content (AvgIpc) is 2.98. The lowest BCUT2D eigenvalue weighted by Gasteiger charge is -2.22. The van der Waals surface area contributed by atoms with Crippen LogP contribution in [0.4, 0.5) is 5.82 Å². The van der Waals surface area contributed by atoms with Gasteiger partial charge in [-0.25, -0.2) is 14.8 Å². The van der Waals surface area contributed by atoms with Gasteiger partial charge in [0.1, 0.15) is 11.9 Å². The van der Waals surface area contributed by atoms with E-state index < -0.39 is 12.0 Å². The first kappa shape index (κ1) is 12.6. The molecule has 1 aliphatic rings. The predicted molar refractivity (Wildman–Crippen MR) is 75.5 cm³/mol. The summed E-state index contributed by atoms with van der Waals surface area (Å²) in [6.45, 7) is 0.724. The van der Waals surface area contributed by atoms with Gasteiger partial charge < -0.3 is 10.0 Å². The van der Waals surface area contributed by atoms with E-state index in [-0.39, 0.29) is 0 Å². The molecule has 102 valence electrons. The Morgan fingerprint density at radius 2 is 2.05 bits per heavy atom. The predicted octanol–water partition coefficient (Wildman–Crippen LogP) is 2.20. The molecule has 1 atom stereocenters. The van der Waals surface area contributed by atoms with E-state index in [1.807, 2.05) is 35.2 Å². The van der Waals surface area contributed by atoms with Gasteiger partial charge in [-0.15, -0.1) is 0 Å². The van der Waals surface area contributed by atoms with Crippen molar-refractivity contribution >= 4 is 11.8 Å². The van der Waals surface area contributed by atoms with Gasteiger partial charge in [-0.1, -0.05) is 30.3 Å². The first-order valence-electron chi connectivity index (χ1n) is 6.63. The SMILES string of the molecule is O=C(O)[C@@H]1CCCN1c1ccnc(-c2ccccc2)n1. The molecule has 0 spiro atoms. The van der Waals surface area contributed by atoms with E-state index in [2.05, 4.69) is 9.97 Å². The van der Waals surface area contributed by atoms with Crippen LogP contribution < -0.4 is 4.90 Å². The minimum atomic E-state index is -0.789. The summed E-state index contributed by atoms with van der Waals surface area (Å²) in [5, 5.41) is 9.25. The summed E-state index contributed by atoms with van der Waals surface area (Å²) in [7, 11) is 0. The number of carboxylic acids is 1. The Hall–Kier alpha value is -2.43. The Bertz CT molecular complexity index is 616. The molecule has 0 amide bonds. The van der Waals surface area contributed by atoms with E-state index in [9.17, 15) is 9.90 Å². The van der Waals surface area contributed by atoms with Gasteiger partial charge >= 0.3 is 5.97 Å². The number of hydrogen-bond acceptors (Lipinski definition) is 4. The molecule has 0 saturated carbocycles. The van der Waals surface area contributed by atoms with E-state index in [1.165, 1.54) is 0 Å². The van der Waals surface area contributed by atoms with Gasteiger partial charge in [-0.2, -0.15) is 0 Å². The normalized spacial score (nSPS) is 18.2. The van der Waals surface area contributed by atoms with Crippen LogP contribution in [0.3, 0.4) is 0 Å². The van der Waals surface area contributed by atoms with E-state index >= 15 is 0 Å². The van der Waals surface area contributed by atoms with E-state index in [4.69, 9.17) is 0 Å². The molecule has 3 rings (SSSR count). The Balaban J connectivity index is 1.94. The first-order chi connectivity index (χ1) is 9.75. The fourth-order valence-corrected chi connectivity index (χ4v) is 2.53. The number of aliphatic carboxylic acids is 1. The summed E-state index contributed by atoms with van der Waals surface area (Å²) in [4.78, 5) is 21.9. The highest BCUT2D eigenvalue weighted by atomic mass is 16.4. The molecule has 0 bridgehead atoms. The highest BCUT2D eigenvalue weighted by molar-refractivity contribution is 5.78. The summed E-state index contributed by atoms with van der Waals surface area (Å²) in [5.41, 5.74) is 0.931. The average molecular weight is 269 g/mol. The standard InChI is InChI=1S/C15H15N3O2/c19-15(20)12-7-4-10-18(12)13-8-9-16-14(17-13)11-5-2-1-3-6-11/h1-3,5-6,8-9,12H,4,7,10H2,(H,19,20)/t12-/m0/s1. The number of hydrogen-bond donors (Lipinski definition) is 1. The zero-order chi connectivity index (χ0) is 13.9. The van der Waals surface area contributed by atoms with Gasteiger partial charge in [0.15, 0.2) is 5.82 Å². The minimum Gasteiger partial charge on any atom is -0.480 e. The van der Waals surface area contributed by atoms with Crippen LogP contribution in [0.5, 0.6) is 0 Å². The van der Waals surface area contributed by atoms with Crippen molar-refractivity contribution < 1.29 is 9.90 Å². The minimum absolute atomic E-state index is 0.478. The van der Waals surface area contributed by atoms with Crippen molar-refractivity contribution in [2.45, 2.75) is 18.9 Å². The maximum absolute atomic E-state index is 11.3. The molecule has 0 radical (unpaired) electrons. The second-order valence-corrected chi connectivity index (χ2v) is 4.79. The van der Waals surface area contributed by atoms with Crippen molar-refractivity contribution in [1.29, 1.82) is 0 Å². The van der Waals surface area contributed by atoms with Crippen molar-refractivity contribution in [1.82, 2.24) is 9.97 Å². The number of carboxylic acid groups (broad SMARTS) is 1. The summed E-state index contributed by atoms with van der Waals surface area (Å²) >= 11 is 0. The third kappa shape index (κ3) is 2.34. The Morgan fingerprint density at radius 3 is 2.80 bits per heavy atom. The number of benzene rings is 1. The quantitative estimate of drug-likeness (QED) is 0.925. The third-order valence-corrected chi connectivity index (χ3v) is 3.50. The number of aromatic nitrogens is 2. The number of nitrogens with zero attached hydrogens (tertiary/aromatic N) is 3. The zero-order valence-corrected chi connectivity index (χ0v) is 10.9. The fourth-order valence-electron chi connectivity index (χ4n) is 2.53.